The molecule has 10 heteroatoms. The fourth-order valence-corrected chi connectivity index (χ4v) is 5.08. The van der Waals surface area contributed by atoms with Crippen LogP contribution in [-0.2, 0) is 4.74 Å². The van der Waals surface area contributed by atoms with Crippen LogP contribution in [0.2, 0.25) is 5.02 Å². The molecule has 1 aliphatic heterocycles. The summed E-state index contributed by atoms with van der Waals surface area (Å²) < 4.78 is 5.08. The molecule has 1 N–H and O–H groups in total. The van der Waals surface area contributed by atoms with Crippen molar-refractivity contribution in [2.45, 2.75) is 31.7 Å². The Morgan fingerprint density at radius 3 is 2.59 bits per heavy atom. The molecular weight excluding hydrogens is 476 g/mol. The number of anilines is 1. The number of amides is 1. The Morgan fingerprint density at radius 2 is 1.97 bits per heavy atom. The highest BCUT2D eigenvalue weighted by atomic mass is 35.5. The monoisotopic (exact) mass is 500 g/mol. The molecule has 8 nitrogen and oxygen atoms in total. The van der Waals surface area contributed by atoms with Gasteiger partial charge in [0.15, 0.2) is 0 Å². The van der Waals surface area contributed by atoms with E-state index in [-0.39, 0.29) is 28.7 Å². The van der Waals surface area contributed by atoms with Crippen LogP contribution in [0, 0.1) is 10.1 Å². The van der Waals surface area contributed by atoms with Crippen molar-refractivity contribution in [3.05, 3.63) is 85.3 Å². The summed E-state index contributed by atoms with van der Waals surface area (Å²) in [5.74, 6) is -0.177. The number of hydrogen-bond donors (Lipinski definition) is 1. The third kappa shape index (κ3) is 5.48. The summed E-state index contributed by atoms with van der Waals surface area (Å²) in [6.45, 7) is 3.19. The van der Waals surface area contributed by atoms with Crippen LogP contribution in [0.4, 0.5) is 16.2 Å². The molecule has 1 fully saturated rings. The van der Waals surface area contributed by atoms with Crippen molar-refractivity contribution in [2.75, 3.05) is 25.0 Å². The van der Waals surface area contributed by atoms with Gasteiger partial charge in [0.1, 0.15) is 10.7 Å². The zero-order valence-electron chi connectivity index (χ0n) is 18.6. The number of hydrogen-bond acceptors (Lipinski definition) is 7. The fraction of sp³-hybridized carbons (Fsp3) is 0.333. The minimum atomic E-state index is -0.374. The zero-order valence-corrected chi connectivity index (χ0v) is 20.2. The van der Waals surface area contributed by atoms with Crippen LogP contribution >= 0.6 is 22.9 Å². The van der Waals surface area contributed by atoms with Crippen LogP contribution in [0.1, 0.15) is 41.8 Å². The molecule has 1 aromatic heterocycles. The van der Waals surface area contributed by atoms with Crippen molar-refractivity contribution in [2.24, 2.45) is 0 Å². The minimum Gasteiger partial charge on any atom is -0.450 e. The summed E-state index contributed by atoms with van der Waals surface area (Å²) in [4.78, 5) is 29.6. The normalized spacial score (nSPS) is 15.1. The third-order valence-electron chi connectivity index (χ3n) is 5.83. The lowest BCUT2D eigenvalue weighted by Gasteiger charge is -2.32. The average molecular weight is 501 g/mol. The molecule has 4 rings (SSSR count). The number of rotatable bonds is 7. The summed E-state index contributed by atoms with van der Waals surface area (Å²) in [5, 5.41) is 18.6. The SMILES string of the molecule is CCOC(=O)N1CCC(Nc2cc(C(c3ccc(Cl)cc3)c3nccs3)ccc2[N+](=O)[O-])CC1. The number of ether oxygens (including phenoxy) is 1. The Bertz CT molecular complexity index is 1130. The summed E-state index contributed by atoms with van der Waals surface area (Å²) in [7, 11) is 0. The number of carbonyl (C=O) groups excluding carboxylic acids is 1. The van der Waals surface area contributed by atoms with Crippen LogP contribution < -0.4 is 5.32 Å². The van der Waals surface area contributed by atoms with Crippen molar-refractivity contribution in [3.63, 3.8) is 0 Å². The molecule has 0 spiro atoms. The summed E-state index contributed by atoms with van der Waals surface area (Å²) in [6, 6.07) is 12.8. The van der Waals surface area contributed by atoms with Crippen LogP contribution in [0.25, 0.3) is 0 Å². The molecule has 1 saturated heterocycles. The number of thiazole rings is 1. The maximum atomic E-state index is 12.0. The second kappa shape index (κ2) is 10.8. The molecule has 3 aromatic rings. The summed E-state index contributed by atoms with van der Waals surface area (Å²) >= 11 is 7.63. The van der Waals surface area contributed by atoms with E-state index >= 15 is 0 Å². The van der Waals surface area contributed by atoms with Gasteiger partial charge < -0.3 is 15.0 Å². The second-order valence-corrected chi connectivity index (χ2v) is 9.36. The Labute approximate surface area is 206 Å². The zero-order chi connectivity index (χ0) is 24.1. The highest BCUT2D eigenvalue weighted by Gasteiger charge is 2.27. The lowest BCUT2D eigenvalue weighted by Crippen LogP contribution is -2.42. The molecule has 1 amide bonds. The van der Waals surface area contributed by atoms with E-state index in [0.29, 0.717) is 43.2 Å². The smallest absolute Gasteiger partial charge is 0.409 e. The van der Waals surface area contributed by atoms with Gasteiger partial charge in [-0.2, -0.15) is 0 Å². The standard InChI is InChI=1S/C24H25ClN4O4S/c1-2-33-24(30)28-12-9-19(10-13-28)27-20-15-17(5-8-21(20)29(31)32)22(23-26-11-14-34-23)16-3-6-18(25)7-4-16/h3-8,11,14-15,19,22,27H,2,9-10,12-13H2,1H3. The van der Waals surface area contributed by atoms with Gasteiger partial charge in [0.2, 0.25) is 0 Å². The van der Waals surface area contributed by atoms with Gasteiger partial charge in [-0.15, -0.1) is 11.3 Å². The minimum absolute atomic E-state index is 0.00784. The molecule has 0 aliphatic carbocycles. The Balaban J connectivity index is 1.61. The van der Waals surface area contributed by atoms with Gasteiger partial charge in [-0.3, -0.25) is 10.1 Å². The number of nitrogens with one attached hydrogen (secondary N) is 1. The van der Waals surface area contributed by atoms with Crippen LogP contribution in [0.15, 0.2) is 54.0 Å². The van der Waals surface area contributed by atoms with Crippen molar-refractivity contribution >= 4 is 40.4 Å². The lowest BCUT2D eigenvalue weighted by atomic mass is 9.91. The Kier molecular flexibility index (Phi) is 7.64. The van der Waals surface area contributed by atoms with E-state index in [2.05, 4.69) is 10.3 Å². The van der Waals surface area contributed by atoms with E-state index < -0.39 is 0 Å². The highest BCUT2D eigenvalue weighted by molar-refractivity contribution is 7.09. The maximum Gasteiger partial charge on any atom is 0.409 e. The van der Waals surface area contributed by atoms with Crippen LogP contribution in [0.5, 0.6) is 0 Å². The first kappa shape index (κ1) is 24.0. The van der Waals surface area contributed by atoms with Gasteiger partial charge >= 0.3 is 6.09 Å². The lowest BCUT2D eigenvalue weighted by molar-refractivity contribution is -0.384. The number of carbonyl (C=O) groups is 1. The van der Waals surface area contributed by atoms with Gasteiger partial charge in [0.25, 0.3) is 5.69 Å². The number of nitro benzene ring substituents is 1. The molecule has 2 aromatic carbocycles. The molecule has 1 atom stereocenters. The van der Waals surface area contributed by atoms with Crippen molar-refractivity contribution < 1.29 is 14.5 Å². The van der Waals surface area contributed by atoms with E-state index in [1.54, 1.807) is 30.2 Å². The molecule has 0 bridgehead atoms. The average Bonchev–Trinajstić information content (AvgIpc) is 3.35. The number of piperidine rings is 1. The van der Waals surface area contributed by atoms with Crippen LogP contribution in [0.3, 0.4) is 0 Å². The quantitative estimate of drug-likeness (QED) is 0.319. The van der Waals surface area contributed by atoms with Gasteiger partial charge in [-0.25, -0.2) is 9.78 Å². The van der Waals surface area contributed by atoms with E-state index in [1.165, 1.54) is 11.3 Å². The van der Waals surface area contributed by atoms with E-state index in [4.69, 9.17) is 16.3 Å². The van der Waals surface area contributed by atoms with Gasteiger partial charge in [-0.1, -0.05) is 29.8 Å². The van der Waals surface area contributed by atoms with Gasteiger partial charge in [-0.05, 0) is 49.1 Å². The number of halogens is 1. The van der Waals surface area contributed by atoms with E-state index in [0.717, 1.165) is 16.1 Å². The number of aromatic nitrogens is 1. The van der Waals surface area contributed by atoms with Gasteiger partial charge in [0, 0.05) is 41.8 Å². The predicted molar refractivity (Wildman–Crippen MR) is 133 cm³/mol. The van der Waals surface area contributed by atoms with E-state index in [1.807, 2.05) is 35.7 Å². The number of nitro groups is 1. The van der Waals surface area contributed by atoms with E-state index in [9.17, 15) is 14.9 Å². The maximum absolute atomic E-state index is 12.0. The largest absolute Gasteiger partial charge is 0.450 e. The molecular formula is C24H25ClN4O4S. The molecule has 2 heterocycles. The first-order valence-corrected chi connectivity index (χ1v) is 12.3. The second-order valence-electron chi connectivity index (χ2n) is 7.99. The van der Waals surface area contributed by atoms with Crippen LogP contribution in [-0.4, -0.2) is 46.6 Å². The first-order valence-electron chi connectivity index (χ1n) is 11.1. The fourth-order valence-electron chi connectivity index (χ4n) is 4.16. The molecule has 34 heavy (non-hydrogen) atoms. The van der Waals surface area contributed by atoms with Crippen molar-refractivity contribution in [1.29, 1.82) is 0 Å². The predicted octanol–water partition coefficient (Wildman–Crippen LogP) is 5.92. The van der Waals surface area contributed by atoms with Gasteiger partial charge in [0.05, 0.1) is 17.4 Å². The number of benzene rings is 2. The Hall–Kier alpha value is -3.17. The number of nitrogens with zero attached hydrogens (tertiary/aromatic N) is 3. The molecule has 1 unspecified atom stereocenters. The van der Waals surface area contributed by atoms with Crippen molar-refractivity contribution in [3.8, 4) is 0 Å². The third-order valence-corrected chi connectivity index (χ3v) is 6.93. The molecule has 1 aliphatic rings. The topological polar surface area (TPSA) is 97.6 Å². The van der Waals surface area contributed by atoms with Crippen molar-refractivity contribution in [1.82, 2.24) is 9.88 Å². The number of likely N-dealkylation sites (tertiary alicyclic amines) is 1. The molecule has 178 valence electrons. The summed E-state index contributed by atoms with van der Waals surface area (Å²) in [6.07, 6.45) is 2.79. The first-order chi connectivity index (χ1) is 16.5. The molecule has 0 radical (unpaired) electrons. The Morgan fingerprint density at radius 1 is 1.26 bits per heavy atom. The summed E-state index contributed by atoms with van der Waals surface area (Å²) in [5.41, 5.74) is 2.38. The highest BCUT2D eigenvalue weighted by Crippen LogP contribution is 2.37. The molecule has 0 saturated carbocycles.